The van der Waals surface area contributed by atoms with Crippen LogP contribution in [-0.2, 0) is 12.8 Å². The van der Waals surface area contributed by atoms with Crippen molar-refractivity contribution in [3.05, 3.63) is 47.8 Å². The zero-order chi connectivity index (χ0) is 20.2. The Labute approximate surface area is 190 Å². The lowest BCUT2D eigenvalue weighted by molar-refractivity contribution is 0.322. The van der Waals surface area contributed by atoms with E-state index in [-0.39, 0.29) is 24.0 Å². The van der Waals surface area contributed by atoms with E-state index in [1.165, 1.54) is 0 Å². The van der Waals surface area contributed by atoms with E-state index < -0.39 is 0 Å². The fourth-order valence-electron chi connectivity index (χ4n) is 2.85. The van der Waals surface area contributed by atoms with Gasteiger partial charge in [0.15, 0.2) is 17.5 Å². The van der Waals surface area contributed by atoms with Gasteiger partial charge in [-0.3, -0.25) is 9.98 Å². The number of pyridine rings is 1. The van der Waals surface area contributed by atoms with Crippen LogP contribution >= 0.6 is 24.0 Å². The van der Waals surface area contributed by atoms with Gasteiger partial charge in [-0.15, -0.1) is 24.0 Å². The lowest BCUT2D eigenvalue weighted by atomic mass is 10.1. The quantitative estimate of drug-likeness (QED) is 0.289. The van der Waals surface area contributed by atoms with Crippen molar-refractivity contribution in [1.29, 1.82) is 0 Å². The second-order valence-electron chi connectivity index (χ2n) is 6.00. The molecule has 0 aliphatic carbocycles. The molecule has 0 fully saturated rings. The number of hydrogen-bond donors (Lipinski definition) is 2. The molecule has 2 aromatic rings. The van der Waals surface area contributed by atoms with Crippen LogP contribution in [0.1, 0.15) is 18.2 Å². The molecule has 0 saturated carbocycles. The summed E-state index contributed by atoms with van der Waals surface area (Å²) in [5.74, 6) is 2.75. The largest absolute Gasteiger partial charge is 0.493 e. The van der Waals surface area contributed by atoms with Crippen LogP contribution < -0.4 is 24.8 Å². The molecule has 2 rings (SSSR count). The van der Waals surface area contributed by atoms with E-state index in [1.54, 1.807) is 27.5 Å². The SMILES string of the molecule is CCNC(=NCCc1ccccn1)NCCc1ccc(OC)c(OC)c1OC.I. The minimum atomic E-state index is 0. The van der Waals surface area contributed by atoms with E-state index in [0.717, 1.165) is 36.6 Å². The van der Waals surface area contributed by atoms with Crippen LogP contribution in [0.15, 0.2) is 41.5 Å². The van der Waals surface area contributed by atoms with Gasteiger partial charge in [0.25, 0.3) is 0 Å². The number of hydrogen-bond acceptors (Lipinski definition) is 5. The number of methoxy groups -OCH3 is 3. The van der Waals surface area contributed by atoms with Gasteiger partial charge in [-0.1, -0.05) is 12.1 Å². The number of guanidine groups is 1. The van der Waals surface area contributed by atoms with Gasteiger partial charge in [0.05, 0.1) is 21.3 Å². The summed E-state index contributed by atoms with van der Waals surface area (Å²) in [4.78, 5) is 8.95. The van der Waals surface area contributed by atoms with Crippen molar-refractivity contribution in [3.8, 4) is 17.2 Å². The van der Waals surface area contributed by atoms with Crippen LogP contribution in [-0.4, -0.2) is 51.9 Å². The minimum Gasteiger partial charge on any atom is -0.493 e. The molecule has 0 bridgehead atoms. The van der Waals surface area contributed by atoms with Gasteiger partial charge in [0.1, 0.15) is 0 Å². The third-order valence-corrected chi connectivity index (χ3v) is 4.18. The lowest BCUT2D eigenvalue weighted by Gasteiger charge is -2.16. The smallest absolute Gasteiger partial charge is 0.203 e. The van der Waals surface area contributed by atoms with Crippen LogP contribution in [0.3, 0.4) is 0 Å². The molecule has 2 N–H and O–H groups in total. The molecule has 1 aromatic carbocycles. The Morgan fingerprint density at radius 2 is 1.76 bits per heavy atom. The number of ether oxygens (including phenoxy) is 3. The summed E-state index contributed by atoms with van der Waals surface area (Å²) < 4.78 is 16.3. The molecule has 0 spiro atoms. The van der Waals surface area contributed by atoms with Gasteiger partial charge in [-0.2, -0.15) is 0 Å². The first-order chi connectivity index (χ1) is 13.7. The fraction of sp³-hybridized carbons (Fsp3) is 0.429. The van der Waals surface area contributed by atoms with Gasteiger partial charge >= 0.3 is 0 Å². The molecule has 0 atom stereocenters. The number of nitrogens with zero attached hydrogens (tertiary/aromatic N) is 2. The predicted molar refractivity (Wildman–Crippen MR) is 127 cm³/mol. The summed E-state index contributed by atoms with van der Waals surface area (Å²) in [6.45, 7) is 4.23. The first-order valence-corrected chi connectivity index (χ1v) is 9.43. The van der Waals surface area contributed by atoms with Gasteiger partial charge in [0, 0.05) is 43.5 Å². The topological polar surface area (TPSA) is 77.0 Å². The van der Waals surface area contributed by atoms with Gasteiger partial charge in [-0.05, 0) is 31.5 Å². The summed E-state index contributed by atoms with van der Waals surface area (Å²) >= 11 is 0. The standard InChI is InChI=1S/C21H30N4O3.HI/c1-5-22-21(25-15-12-17-8-6-7-13-23-17)24-14-11-16-9-10-18(26-2)20(28-4)19(16)27-3;/h6-10,13H,5,11-12,14-15H2,1-4H3,(H2,22,24,25);1H. The normalized spacial score (nSPS) is 10.7. The average molecular weight is 514 g/mol. The Morgan fingerprint density at radius 1 is 0.966 bits per heavy atom. The molecule has 160 valence electrons. The predicted octanol–water partition coefficient (Wildman–Crippen LogP) is 3.07. The summed E-state index contributed by atoms with van der Waals surface area (Å²) in [6.07, 6.45) is 3.37. The maximum absolute atomic E-state index is 5.54. The highest BCUT2D eigenvalue weighted by Crippen LogP contribution is 2.39. The first kappa shape index (κ1) is 24.8. The van der Waals surface area contributed by atoms with Crippen molar-refractivity contribution >= 4 is 29.9 Å². The van der Waals surface area contributed by atoms with Crippen LogP contribution in [0, 0.1) is 0 Å². The zero-order valence-electron chi connectivity index (χ0n) is 17.5. The van der Waals surface area contributed by atoms with E-state index in [1.807, 2.05) is 37.3 Å². The molecule has 8 heteroatoms. The highest BCUT2D eigenvalue weighted by molar-refractivity contribution is 14.0. The van der Waals surface area contributed by atoms with Gasteiger partial charge in [-0.25, -0.2) is 0 Å². The second-order valence-corrected chi connectivity index (χ2v) is 6.00. The Bertz CT molecular complexity index is 757. The summed E-state index contributed by atoms with van der Waals surface area (Å²) in [7, 11) is 4.86. The molecule has 7 nitrogen and oxygen atoms in total. The number of halogens is 1. The molecule has 0 unspecified atom stereocenters. The maximum Gasteiger partial charge on any atom is 0.203 e. The van der Waals surface area contributed by atoms with E-state index in [0.29, 0.717) is 30.3 Å². The molecular formula is C21H31IN4O3. The first-order valence-electron chi connectivity index (χ1n) is 9.43. The molecular weight excluding hydrogens is 483 g/mol. The number of aromatic nitrogens is 1. The van der Waals surface area contributed by atoms with Gasteiger partial charge in [0.2, 0.25) is 5.75 Å². The lowest BCUT2D eigenvalue weighted by Crippen LogP contribution is -2.38. The number of aliphatic imine (C=N–C) groups is 1. The summed E-state index contributed by atoms with van der Waals surface area (Å²) in [5.41, 5.74) is 2.08. The summed E-state index contributed by atoms with van der Waals surface area (Å²) in [5, 5.41) is 6.63. The van der Waals surface area contributed by atoms with Gasteiger partial charge < -0.3 is 24.8 Å². The molecule has 0 aliphatic heterocycles. The van der Waals surface area contributed by atoms with E-state index in [2.05, 4.69) is 20.6 Å². The highest BCUT2D eigenvalue weighted by atomic mass is 127. The third-order valence-electron chi connectivity index (χ3n) is 4.18. The molecule has 1 heterocycles. The van der Waals surface area contributed by atoms with Crippen LogP contribution in [0.25, 0.3) is 0 Å². The average Bonchev–Trinajstić information content (AvgIpc) is 2.73. The van der Waals surface area contributed by atoms with Crippen molar-refractivity contribution in [2.75, 3.05) is 41.0 Å². The van der Waals surface area contributed by atoms with Crippen molar-refractivity contribution in [1.82, 2.24) is 15.6 Å². The Kier molecular flexibility index (Phi) is 11.9. The number of benzene rings is 1. The Hall–Kier alpha value is -2.23. The Balaban J connectivity index is 0.00000420. The van der Waals surface area contributed by atoms with Crippen molar-refractivity contribution < 1.29 is 14.2 Å². The molecule has 0 amide bonds. The molecule has 0 radical (unpaired) electrons. The maximum atomic E-state index is 5.54. The van der Waals surface area contributed by atoms with E-state index in [4.69, 9.17) is 14.2 Å². The van der Waals surface area contributed by atoms with Crippen molar-refractivity contribution in [2.45, 2.75) is 19.8 Å². The van der Waals surface area contributed by atoms with E-state index in [9.17, 15) is 0 Å². The molecule has 29 heavy (non-hydrogen) atoms. The monoisotopic (exact) mass is 514 g/mol. The molecule has 1 aromatic heterocycles. The van der Waals surface area contributed by atoms with Crippen LogP contribution in [0.4, 0.5) is 0 Å². The number of rotatable bonds is 10. The minimum absolute atomic E-state index is 0. The Morgan fingerprint density at radius 3 is 2.38 bits per heavy atom. The highest BCUT2D eigenvalue weighted by Gasteiger charge is 2.15. The zero-order valence-corrected chi connectivity index (χ0v) is 19.9. The van der Waals surface area contributed by atoms with Crippen molar-refractivity contribution in [3.63, 3.8) is 0 Å². The van der Waals surface area contributed by atoms with Crippen LogP contribution in [0.2, 0.25) is 0 Å². The fourth-order valence-corrected chi connectivity index (χ4v) is 2.85. The van der Waals surface area contributed by atoms with Crippen molar-refractivity contribution in [2.24, 2.45) is 4.99 Å². The van der Waals surface area contributed by atoms with Crippen LogP contribution in [0.5, 0.6) is 17.2 Å². The summed E-state index contributed by atoms with van der Waals surface area (Å²) in [6, 6.07) is 9.81. The molecule has 0 saturated heterocycles. The third kappa shape index (κ3) is 7.60. The van der Waals surface area contributed by atoms with E-state index >= 15 is 0 Å². The molecule has 0 aliphatic rings. The second kappa shape index (κ2) is 13.9. The number of nitrogens with one attached hydrogen (secondary N) is 2.